The highest BCUT2D eigenvalue weighted by molar-refractivity contribution is 14.1. The van der Waals surface area contributed by atoms with Gasteiger partial charge in [0.05, 0.1) is 12.1 Å². The van der Waals surface area contributed by atoms with Crippen molar-refractivity contribution in [3.63, 3.8) is 0 Å². The van der Waals surface area contributed by atoms with Crippen molar-refractivity contribution in [1.82, 2.24) is 4.57 Å². The van der Waals surface area contributed by atoms with E-state index in [1.54, 1.807) is 18.2 Å². The standard InChI is InChI=1S/C14H8F2INO2/c15-10-2-1-3-11(16)9(10)7-18-12-5-4-8(17)6-13(12)20-14(18)19/h1-6H,7H2. The van der Waals surface area contributed by atoms with Crippen LogP contribution in [0.1, 0.15) is 5.56 Å². The lowest BCUT2D eigenvalue weighted by Crippen LogP contribution is -2.16. The number of oxazole rings is 1. The number of aromatic nitrogens is 1. The predicted octanol–water partition coefficient (Wildman–Crippen LogP) is 3.53. The van der Waals surface area contributed by atoms with E-state index < -0.39 is 17.4 Å². The van der Waals surface area contributed by atoms with Crippen LogP contribution in [0.5, 0.6) is 0 Å². The Bertz CT molecular complexity index is 834. The van der Waals surface area contributed by atoms with Crippen LogP contribution >= 0.6 is 22.6 Å². The summed E-state index contributed by atoms with van der Waals surface area (Å²) in [5.41, 5.74) is 0.757. The molecular formula is C14H8F2INO2. The Morgan fingerprint density at radius 3 is 2.55 bits per heavy atom. The molecule has 1 aromatic heterocycles. The summed E-state index contributed by atoms with van der Waals surface area (Å²) in [6, 6.07) is 8.80. The minimum atomic E-state index is -0.684. The maximum Gasteiger partial charge on any atom is 0.420 e. The van der Waals surface area contributed by atoms with Crippen LogP contribution in [0.3, 0.4) is 0 Å². The average Bonchev–Trinajstić information content (AvgIpc) is 2.69. The monoisotopic (exact) mass is 387 g/mol. The Morgan fingerprint density at radius 1 is 1.15 bits per heavy atom. The highest BCUT2D eigenvalue weighted by Crippen LogP contribution is 2.19. The highest BCUT2D eigenvalue weighted by atomic mass is 127. The van der Waals surface area contributed by atoms with Gasteiger partial charge in [0.25, 0.3) is 0 Å². The number of halogens is 3. The van der Waals surface area contributed by atoms with Gasteiger partial charge in [-0.3, -0.25) is 4.57 Å². The molecule has 0 bridgehead atoms. The zero-order chi connectivity index (χ0) is 14.3. The van der Waals surface area contributed by atoms with Crippen LogP contribution in [0.4, 0.5) is 8.78 Å². The molecule has 0 amide bonds. The Kier molecular flexibility index (Phi) is 3.33. The van der Waals surface area contributed by atoms with Gasteiger partial charge < -0.3 is 4.42 Å². The van der Waals surface area contributed by atoms with Crippen molar-refractivity contribution in [2.45, 2.75) is 6.54 Å². The molecule has 0 atom stereocenters. The molecule has 102 valence electrons. The molecule has 3 nitrogen and oxygen atoms in total. The fourth-order valence-electron chi connectivity index (χ4n) is 2.03. The van der Waals surface area contributed by atoms with Gasteiger partial charge in [0, 0.05) is 9.13 Å². The third-order valence-corrected chi connectivity index (χ3v) is 3.68. The van der Waals surface area contributed by atoms with Crippen molar-refractivity contribution in [3.8, 4) is 0 Å². The molecule has 0 unspecified atom stereocenters. The molecule has 20 heavy (non-hydrogen) atoms. The lowest BCUT2D eigenvalue weighted by Gasteiger charge is -2.05. The molecule has 0 radical (unpaired) electrons. The molecule has 0 aliphatic carbocycles. The third-order valence-electron chi connectivity index (χ3n) is 3.01. The second-order valence-electron chi connectivity index (χ2n) is 4.27. The van der Waals surface area contributed by atoms with Gasteiger partial charge in [-0.2, -0.15) is 0 Å². The summed E-state index contributed by atoms with van der Waals surface area (Å²) in [4.78, 5) is 11.8. The first kappa shape index (κ1) is 13.3. The summed E-state index contributed by atoms with van der Waals surface area (Å²) in [5.74, 6) is -2.00. The summed E-state index contributed by atoms with van der Waals surface area (Å²) in [5, 5.41) is 0. The number of hydrogen-bond donors (Lipinski definition) is 0. The van der Waals surface area contributed by atoms with Gasteiger partial charge in [-0.25, -0.2) is 13.6 Å². The third kappa shape index (κ3) is 2.24. The number of nitrogens with zero attached hydrogens (tertiary/aromatic N) is 1. The SMILES string of the molecule is O=c1oc2cc(I)ccc2n1Cc1c(F)cccc1F. The Hall–Kier alpha value is -1.70. The summed E-state index contributed by atoms with van der Waals surface area (Å²) in [6.45, 7) is -0.203. The minimum absolute atomic E-state index is 0.157. The quantitative estimate of drug-likeness (QED) is 0.631. The fourth-order valence-corrected chi connectivity index (χ4v) is 2.49. The van der Waals surface area contributed by atoms with Gasteiger partial charge >= 0.3 is 5.76 Å². The number of rotatable bonds is 2. The molecule has 0 saturated heterocycles. The first-order chi connectivity index (χ1) is 9.56. The maximum absolute atomic E-state index is 13.7. The predicted molar refractivity (Wildman–Crippen MR) is 78.7 cm³/mol. The second-order valence-corrected chi connectivity index (χ2v) is 5.51. The molecule has 2 aromatic carbocycles. The Labute approximate surface area is 126 Å². The van der Waals surface area contributed by atoms with E-state index in [-0.39, 0.29) is 12.1 Å². The van der Waals surface area contributed by atoms with Crippen LogP contribution in [0, 0.1) is 15.2 Å². The van der Waals surface area contributed by atoms with E-state index in [1.807, 2.05) is 0 Å². The van der Waals surface area contributed by atoms with E-state index in [0.29, 0.717) is 11.1 Å². The van der Waals surface area contributed by atoms with Crippen LogP contribution in [0.2, 0.25) is 0 Å². The summed E-state index contributed by atoms with van der Waals surface area (Å²) in [7, 11) is 0. The number of fused-ring (bicyclic) bond motifs is 1. The van der Waals surface area contributed by atoms with Crippen molar-refractivity contribution in [2.75, 3.05) is 0 Å². The molecule has 3 aromatic rings. The van der Waals surface area contributed by atoms with Gasteiger partial charge in [0.1, 0.15) is 11.6 Å². The Balaban J connectivity index is 2.16. The van der Waals surface area contributed by atoms with Gasteiger partial charge in [0.15, 0.2) is 5.58 Å². The fraction of sp³-hybridized carbons (Fsp3) is 0.0714. The van der Waals surface area contributed by atoms with E-state index in [0.717, 1.165) is 15.7 Å². The molecule has 0 aliphatic rings. The number of hydrogen-bond acceptors (Lipinski definition) is 2. The van der Waals surface area contributed by atoms with Crippen molar-refractivity contribution in [2.24, 2.45) is 0 Å². The smallest absolute Gasteiger partial charge is 0.408 e. The molecule has 6 heteroatoms. The lowest BCUT2D eigenvalue weighted by molar-refractivity contribution is 0.500. The number of benzene rings is 2. The zero-order valence-corrected chi connectivity index (χ0v) is 12.2. The van der Waals surface area contributed by atoms with Crippen molar-refractivity contribution >= 4 is 33.7 Å². The molecule has 0 aliphatic heterocycles. The van der Waals surface area contributed by atoms with E-state index in [4.69, 9.17) is 4.42 Å². The van der Waals surface area contributed by atoms with Crippen molar-refractivity contribution in [1.29, 1.82) is 0 Å². The van der Waals surface area contributed by atoms with Crippen LogP contribution in [-0.4, -0.2) is 4.57 Å². The first-order valence-electron chi connectivity index (χ1n) is 5.78. The molecular weight excluding hydrogens is 379 g/mol. The summed E-state index contributed by atoms with van der Waals surface area (Å²) in [6.07, 6.45) is 0. The van der Waals surface area contributed by atoms with Crippen LogP contribution in [0.15, 0.2) is 45.6 Å². The van der Waals surface area contributed by atoms with E-state index in [9.17, 15) is 13.6 Å². The Morgan fingerprint density at radius 2 is 1.85 bits per heavy atom. The summed E-state index contributed by atoms with van der Waals surface area (Å²) >= 11 is 2.09. The van der Waals surface area contributed by atoms with E-state index in [1.165, 1.54) is 10.6 Å². The van der Waals surface area contributed by atoms with E-state index >= 15 is 0 Å². The van der Waals surface area contributed by atoms with Gasteiger partial charge in [-0.1, -0.05) is 6.07 Å². The van der Waals surface area contributed by atoms with Gasteiger partial charge in [-0.05, 0) is 52.9 Å². The van der Waals surface area contributed by atoms with Crippen LogP contribution < -0.4 is 5.76 Å². The molecule has 0 saturated carbocycles. The average molecular weight is 387 g/mol. The topological polar surface area (TPSA) is 35.1 Å². The molecule has 1 heterocycles. The van der Waals surface area contributed by atoms with Crippen LogP contribution in [0.25, 0.3) is 11.1 Å². The molecule has 0 spiro atoms. The van der Waals surface area contributed by atoms with Gasteiger partial charge in [0.2, 0.25) is 0 Å². The van der Waals surface area contributed by atoms with Crippen molar-refractivity contribution < 1.29 is 13.2 Å². The van der Waals surface area contributed by atoms with E-state index in [2.05, 4.69) is 22.6 Å². The second kappa shape index (κ2) is 5.01. The van der Waals surface area contributed by atoms with Crippen molar-refractivity contribution in [3.05, 3.63) is 67.7 Å². The van der Waals surface area contributed by atoms with Gasteiger partial charge in [-0.15, -0.1) is 0 Å². The lowest BCUT2D eigenvalue weighted by atomic mass is 10.2. The molecule has 3 rings (SSSR count). The van der Waals surface area contributed by atoms with Crippen LogP contribution in [-0.2, 0) is 6.54 Å². The maximum atomic E-state index is 13.7. The molecule has 0 N–H and O–H groups in total. The largest absolute Gasteiger partial charge is 0.420 e. The normalized spacial score (nSPS) is 11.2. The zero-order valence-electron chi connectivity index (χ0n) is 10.1. The molecule has 0 fully saturated rings. The first-order valence-corrected chi connectivity index (χ1v) is 6.86. The summed E-state index contributed by atoms with van der Waals surface area (Å²) < 4.78 is 34.5. The highest BCUT2D eigenvalue weighted by Gasteiger charge is 2.14. The minimum Gasteiger partial charge on any atom is -0.408 e.